The maximum absolute atomic E-state index is 12.3. The van der Waals surface area contributed by atoms with Gasteiger partial charge in [0, 0.05) is 16.1 Å². The molecule has 1 aliphatic carbocycles. The molecule has 8 heteroatoms. The van der Waals surface area contributed by atoms with Gasteiger partial charge >= 0.3 is 5.97 Å². The Hall–Kier alpha value is -2.12. The molecule has 1 fully saturated rings. The third kappa shape index (κ3) is 5.02. The van der Waals surface area contributed by atoms with E-state index in [1.807, 2.05) is 24.3 Å². The average molecular weight is 423 g/mol. The number of hydrogen-bond acceptors (Lipinski definition) is 5. The molecular weight excluding hydrogens is 400 g/mol. The molecule has 0 bridgehead atoms. The number of hydrogen-bond donors (Lipinski definition) is 2. The van der Waals surface area contributed by atoms with Crippen molar-refractivity contribution in [2.45, 2.75) is 38.6 Å². The summed E-state index contributed by atoms with van der Waals surface area (Å²) < 4.78 is 5.86. The Morgan fingerprint density at radius 1 is 1.21 bits per heavy atom. The van der Waals surface area contributed by atoms with Crippen LogP contribution in [0.3, 0.4) is 0 Å². The summed E-state index contributed by atoms with van der Waals surface area (Å²) >= 11 is 7.52. The van der Waals surface area contributed by atoms with Gasteiger partial charge < -0.3 is 15.4 Å². The van der Waals surface area contributed by atoms with Crippen molar-refractivity contribution in [2.75, 3.05) is 13.2 Å². The predicted molar refractivity (Wildman–Crippen MR) is 110 cm³/mol. The highest BCUT2D eigenvalue weighted by Gasteiger charge is 2.23. The van der Waals surface area contributed by atoms with Crippen LogP contribution in [-0.4, -0.2) is 37.0 Å². The molecule has 0 radical (unpaired) electrons. The number of carbonyl (C=O) groups is 3. The zero-order valence-electron chi connectivity index (χ0n) is 15.6. The van der Waals surface area contributed by atoms with E-state index in [1.54, 1.807) is 0 Å². The lowest BCUT2D eigenvalue weighted by molar-refractivity contribution is -0.147. The number of halogens is 1. The van der Waals surface area contributed by atoms with E-state index in [9.17, 15) is 14.4 Å². The molecule has 2 atom stereocenters. The number of esters is 1. The van der Waals surface area contributed by atoms with E-state index in [1.165, 1.54) is 17.8 Å². The van der Waals surface area contributed by atoms with Gasteiger partial charge in [-0.3, -0.25) is 14.4 Å². The monoisotopic (exact) mass is 422 g/mol. The summed E-state index contributed by atoms with van der Waals surface area (Å²) in [6.07, 6.45) is 4.33. The number of thiophene rings is 1. The van der Waals surface area contributed by atoms with Crippen LogP contribution in [0.5, 0.6) is 0 Å². The van der Waals surface area contributed by atoms with Gasteiger partial charge in [0.25, 0.3) is 11.8 Å². The van der Waals surface area contributed by atoms with E-state index in [0.717, 1.165) is 29.3 Å². The van der Waals surface area contributed by atoms with Crippen molar-refractivity contribution >= 4 is 50.8 Å². The van der Waals surface area contributed by atoms with Gasteiger partial charge in [-0.15, -0.1) is 11.3 Å². The highest BCUT2D eigenvalue weighted by molar-refractivity contribution is 7.21. The van der Waals surface area contributed by atoms with E-state index >= 15 is 0 Å². The summed E-state index contributed by atoms with van der Waals surface area (Å²) in [5.41, 5.74) is 0. The molecule has 28 heavy (non-hydrogen) atoms. The second-order valence-electron chi connectivity index (χ2n) is 7.02. The number of rotatable bonds is 6. The van der Waals surface area contributed by atoms with Gasteiger partial charge in [-0.2, -0.15) is 0 Å². The molecule has 1 saturated carbocycles. The summed E-state index contributed by atoms with van der Waals surface area (Å²) in [5.74, 6) is -0.995. The zero-order chi connectivity index (χ0) is 20.1. The largest absolute Gasteiger partial charge is 0.454 e. The minimum absolute atomic E-state index is 0.134. The van der Waals surface area contributed by atoms with Crippen LogP contribution in [0.15, 0.2) is 24.3 Å². The number of fused-ring (bicyclic) bond motifs is 1. The third-order valence-electron chi connectivity index (χ3n) is 4.96. The molecule has 2 amide bonds. The van der Waals surface area contributed by atoms with Crippen molar-refractivity contribution in [1.82, 2.24) is 10.6 Å². The molecular formula is C20H23ClN2O4S. The fraction of sp³-hybridized carbons (Fsp3) is 0.450. The Labute approximate surface area is 172 Å². The maximum Gasteiger partial charge on any atom is 0.325 e. The van der Waals surface area contributed by atoms with Crippen LogP contribution < -0.4 is 10.6 Å². The van der Waals surface area contributed by atoms with Crippen LogP contribution >= 0.6 is 22.9 Å². The highest BCUT2D eigenvalue weighted by Crippen LogP contribution is 2.34. The van der Waals surface area contributed by atoms with Crippen molar-refractivity contribution in [3.63, 3.8) is 0 Å². The average Bonchev–Trinajstić information content (AvgIpc) is 3.03. The number of ether oxygens (including phenoxy) is 1. The summed E-state index contributed by atoms with van der Waals surface area (Å²) in [6.45, 7) is 1.45. The van der Waals surface area contributed by atoms with Gasteiger partial charge in [-0.05, 0) is 24.8 Å². The van der Waals surface area contributed by atoms with Crippen molar-refractivity contribution in [3.05, 3.63) is 34.2 Å². The minimum atomic E-state index is -0.669. The first kappa shape index (κ1) is 20.6. The fourth-order valence-corrected chi connectivity index (χ4v) is 4.80. The van der Waals surface area contributed by atoms with Gasteiger partial charge in [0.05, 0.1) is 5.02 Å². The molecule has 2 N–H and O–H groups in total. The quantitative estimate of drug-likeness (QED) is 0.697. The Bertz CT molecular complexity index is 882. The molecule has 0 spiro atoms. The molecule has 0 saturated heterocycles. The lowest BCUT2D eigenvalue weighted by atomic mass is 9.86. The van der Waals surface area contributed by atoms with E-state index < -0.39 is 11.9 Å². The minimum Gasteiger partial charge on any atom is -0.454 e. The predicted octanol–water partition coefficient (Wildman–Crippen LogP) is 3.52. The molecule has 1 aromatic heterocycles. The SMILES string of the molecule is C[C@H]1CCCC[C@@H]1NC(=O)COC(=O)CNC(=O)c1sc2ccccc2c1Cl. The van der Waals surface area contributed by atoms with E-state index in [-0.39, 0.29) is 25.1 Å². The number of amides is 2. The first-order valence-electron chi connectivity index (χ1n) is 9.36. The Morgan fingerprint density at radius 3 is 2.71 bits per heavy atom. The fourth-order valence-electron chi connectivity index (χ4n) is 3.37. The van der Waals surface area contributed by atoms with Gasteiger partial charge in [0.15, 0.2) is 6.61 Å². The molecule has 1 aromatic carbocycles. The van der Waals surface area contributed by atoms with Gasteiger partial charge in [-0.1, -0.05) is 49.6 Å². The van der Waals surface area contributed by atoms with Crippen LogP contribution in [0.4, 0.5) is 0 Å². The number of benzene rings is 1. The molecule has 1 heterocycles. The van der Waals surface area contributed by atoms with Crippen molar-refractivity contribution in [3.8, 4) is 0 Å². The van der Waals surface area contributed by atoms with Crippen LogP contribution in [-0.2, 0) is 14.3 Å². The Kier molecular flexibility index (Phi) is 6.91. The number of carbonyl (C=O) groups excluding carboxylic acids is 3. The summed E-state index contributed by atoms with van der Waals surface area (Å²) in [6, 6.07) is 7.56. The molecule has 0 aliphatic heterocycles. The van der Waals surface area contributed by atoms with Gasteiger partial charge in [-0.25, -0.2) is 0 Å². The van der Waals surface area contributed by atoms with E-state index in [2.05, 4.69) is 17.6 Å². The first-order chi connectivity index (χ1) is 13.5. The standard InChI is InChI=1S/C20H23ClN2O4S/c1-12-6-2-4-8-14(12)23-16(24)11-27-17(25)10-22-20(26)19-18(21)13-7-3-5-9-15(13)28-19/h3,5,7,9,12,14H,2,4,6,8,10-11H2,1H3,(H,22,26)(H,23,24)/t12-,14-/m0/s1. The topological polar surface area (TPSA) is 84.5 Å². The van der Waals surface area contributed by atoms with Gasteiger partial charge in [0.2, 0.25) is 0 Å². The van der Waals surface area contributed by atoms with Crippen molar-refractivity contribution in [1.29, 1.82) is 0 Å². The Balaban J connectivity index is 1.44. The first-order valence-corrected chi connectivity index (χ1v) is 10.6. The van der Waals surface area contributed by atoms with Crippen LogP contribution in [0.2, 0.25) is 5.02 Å². The third-order valence-corrected chi connectivity index (χ3v) is 6.63. The second kappa shape index (κ2) is 9.39. The smallest absolute Gasteiger partial charge is 0.325 e. The van der Waals surface area contributed by atoms with E-state index in [4.69, 9.17) is 16.3 Å². The lowest BCUT2D eigenvalue weighted by Crippen LogP contribution is -2.43. The van der Waals surface area contributed by atoms with Gasteiger partial charge in [0.1, 0.15) is 11.4 Å². The lowest BCUT2D eigenvalue weighted by Gasteiger charge is -2.29. The summed E-state index contributed by atoms with van der Waals surface area (Å²) in [7, 11) is 0. The van der Waals surface area contributed by atoms with Crippen LogP contribution in [0.1, 0.15) is 42.3 Å². The molecule has 6 nitrogen and oxygen atoms in total. The molecule has 3 rings (SSSR count). The maximum atomic E-state index is 12.3. The molecule has 0 unspecified atom stereocenters. The normalized spacial score (nSPS) is 19.2. The summed E-state index contributed by atoms with van der Waals surface area (Å²) in [4.78, 5) is 36.5. The molecule has 2 aromatic rings. The van der Waals surface area contributed by atoms with Crippen molar-refractivity contribution in [2.24, 2.45) is 5.92 Å². The molecule has 1 aliphatic rings. The highest BCUT2D eigenvalue weighted by atomic mass is 35.5. The van der Waals surface area contributed by atoms with Crippen molar-refractivity contribution < 1.29 is 19.1 Å². The van der Waals surface area contributed by atoms with Crippen LogP contribution in [0, 0.1) is 5.92 Å². The van der Waals surface area contributed by atoms with Crippen LogP contribution in [0.25, 0.3) is 10.1 Å². The number of nitrogens with one attached hydrogen (secondary N) is 2. The summed E-state index contributed by atoms with van der Waals surface area (Å²) in [5, 5.41) is 6.58. The molecule has 150 valence electrons. The second-order valence-corrected chi connectivity index (χ2v) is 8.45. The Morgan fingerprint density at radius 2 is 1.96 bits per heavy atom. The van der Waals surface area contributed by atoms with E-state index in [0.29, 0.717) is 15.8 Å². The zero-order valence-corrected chi connectivity index (χ0v) is 17.2.